The maximum atomic E-state index is 12.3. The fourth-order valence-corrected chi connectivity index (χ4v) is 2.42. The van der Waals surface area contributed by atoms with E-state index in [4.69, 9.17) is 9.47 Å². The fraction of sp³-hybridized carbons (Fsp3) is 0.278. The van der Waals surface area contributed by atoms with Crippen LogP contribution in [0, 0.1) is 6.92 Å². The third kappa shape index (κ3) is 3.22. The van der Waals surface area contributed by atoms with Crippen molar-refractivity contribution in [1.82, 2.24) is 4.90 Å². The molecule has 2 aromatic carbocycles. The Morgan fingerprint density at radius 3 is 2.50 bits per heavy atom. The van der Waals surface area contributed by atoms with E-state index in [0.717, 1.165) is 22.6 Å². The number of hydrogen-bond donors (Lipinski definition) is 0. The molecule has 1 aliphatic rings. The lowest BCUT2D eigenvalue weighted by molar-refractivity contribution is -0.129. The van der Waals surface area contributed by atoms with E-state index in [1.54, 1.807) is 4.90 Å². The number of hydrogen-bond acceptors (Lipinski definition) is 3. The summed E-state index contributed by atoms with van der Waals surface area (Å²) >= 11 is 0. The van der Waals surface area contributed by atoms with Crippen molar-refractivity contribution in [2.45, 2.75) is 19.9 Å². The first kappa shape index (κ1) is 14.4. The predicted octanol–water partition coefficient (Wildman–Crippen LogP) is 2.92. The summed E-state index contributed by atoms with van der Waals surface area (Å²) in [5.41, 5.74) is 3.27. The number of carbonyl (C=O) groups is 1. The molecular weight excluding hydrogens is 278 g/mol. The number of fused-ring (bicyclic) bond motifs is 1. The van der Waals surface area contributed by atoms with Crippen LogP contribution in [0.2, 0.25) is 0 Å². The van der Waals surface area contributed by atoms with Crippen molar-refractivity contribution in [2.24, 2.45) is 0 Å². The third-order valence-electron chi connectivity index (χ3n) is 3.76. The lowest BCUT2D eigenvalue weighted by Gasteiger charge is -2.17. The monoisotopic (exact) mass is 297 g/mol. The van der Waals surface area contributed by atoms with Gasteiger partial charge in [-0.25, -0.2) is 0 Å². The Morgan fingerprint density at radius 2 is 1.73 bits per heavy atom. The second-order valence-corrected chi connectivity index (χ2v) is 5.60. The summed E-state index contributed by atoms with van der Waals surface area (Å²) in [4.78, 5) is 14.0. The lowest BCUT2D eigenvalue weighted by Crippen LogP contribution is -2.27. The van der Waals surface area contributed by atoms with E-state index < -0.39 is 0 Å². The van der Waals surface area contributed by atoms with Crippen LogP contribution in [-0.2, 0) is 17.8 Å². The Balaban J connectivity index is 1.62. The minimum absolute atomic E-state index is 0.0986. The summed E-state index contributed by atoms with van der Waals surface area (Å²) in [5, 5.41) is 0. The zero-order valence-corrected chi connectivity index (χ0v) is 12.8. The highest BCUT2D eigenvalue weighted by Gasteiger charge is 2.15. The molecule has 0 fully saturated rings. The average Bonchev–Trinajstić information content (AvgIpc) is 2.97. The summed E-state index contributed by atoms with van der Waals surface area (Å²) in [6, 6.07) is 13.8. The van der Waals surface area contributed by atoms with Crippen LogP contribution in [0.25, 0.3) is 0 Å². The van der Waals surface area contributed by atoms with Crippen LogP contribution >= 0.6 is 0 Å². The Kier molecular flexibility index (Phi) is 4.00. The smallest absolute Gasteiger partial charge is 0.231 e. The van der Waals surface area contributed by atoms with Gasteiger partial charge in [0.05, 0.1) is 6.42 Å². The third-order valence-corrected chi connectivity index (χ3v) is 3.76. The van der Waals surface area contributed by atoms with Crippen molar-refractivity contribution in [1.29, 1.82) is 0 Å². The summed E-state index contributed by atoms with van der Waals surface area (Å²) < 4.78 is 10.7. The molecule has 1 aliphatic heterocycles. The van der Waals surface area contributed by atoms with Crippen LogP contribution < -0.4 is 9.47 Å². The summed E-state index contributed by atoms with van der Waals surface area (Å²) in [5.74, 6) is 1.61. The SMILES string of the molecule is Cc1ccc(CC(=O)N(C)Cc2ccc3c(c2)OCO3)cc1. The van der Waals surface area contributed by atoms with Crippen LogP contribution in [0.15, 0.2) is 42.5 Å². The molecule has 0 spiro atoms. The predicted molar refractivity (Wildman–Crippen MR) is 83.9 cm³/mol. The number of ether oxygens (including phenoxy) is 2. The molecule has 0 saturated heterocycles. The largest absolute Gasteiger partial charge is 0.454 e. The van der Waals surface area contributed by atoms with E-state index in [0.29, 0.717) is 13.0 Å². The number of likely N-dealkylation sites (N-methyl/N-ethyl adjacent to an activating group) is 1. The summed E-state index contributed by atoms with van der Waals surface area (Å²) in [6.07, 6.45) is 0.418. The fourth-order valence-electron chi connectivity index (χ4n) is 2.42. The van der Waals surface area contributed by atoms with Crippen molar-refractivity contribution >= 4 is 5.91 Å². The molecule has 0 aromatic heterocycles. The van der Waals surface area contributed by atoms with Crippen molar-refractivity contribution < 1.29 is 14.3 Å². The molecule has 3 rings (SSSR count). The lowest BCUT2D eigenvalue weighted by atomic mass is 10.1. The van der Waals surface area contributed by atoms with Gasteiger partial charge in [0, 0.05) is 13.6 Å². The van der Waals surface area contributed by atoms with Gasteiger partial charge >= 0.3 is 0 Å². The molecule has 2 aromatic rings. The Morgan fingerprint density at radius 1 is 1.05 bits per heavy atom. The van der Waals surface area contributed by atoms with E-state index in [2.05, 4.69) is 0 Å². The van der Waals surface area contributed by atoms with Gasteiger partial charge in [-0.2, -0.15) is 0 Å². The second-order valence-electron chi connectivity index (χ2n) is 5.60. The molecule has 22 heavy (non-hydrogen) atoms. The van der Waals surface area contributed by atoms with Gasteiger partial charge in [-0.1, -0.05) is 35.9 Å². The van der Waals surface area contributed by atoms with Gasteiger partial charge < -0.3 is 14.4 Å². The number of amides is 1. The molecule has 0 aliphatic carbocycles. The number of nitrogens with zero attached hydrogens (tertiary/aromatic N) is 1. The zero-order valence-electron chi connectivity index (χ0n) is 12.8. The summed E-state index contributed by atoms with van der Waals surface area (Å²) in [6.45, 7) is 2.86. The topological polar surface area (TPSA) is 38.8 Å². The van der Waals surface area contributed by atoms with Crippen molar-refractivity contribution in [2.75, 3.05) is 13.8 Å². The van der Waals surface area contributed by atoms with Gasteiger partial charge in [-0.05, 0) is 30.2 Å². The van der Waals surface area contributed by atoms with Crippen molar-refractivity contribution in [3.63, 3.8) is 0 Å². The second kappa shape index (κ2) is 6.10. The van der Waals surface area contributed by atoms with E-state index >= 15 is 0 Å². The van der Waals surface area contributed by atoms with Crippen LogP contribution in [0.1, 0.15) is 16.7 Å². The van der Waals surface area contributed by atoms with E-state index in [-0.39, 0.29) is 12.7 Å². The molecule has 1 heterocycles. The van der Waals surface area contributed by atoms with Gasteiger partial charge in [0.25, 0.3) is 0 Å². The van der Waals surface area contributed by atoms with Gasteiger partial charge in [0.2, 0.25) is 12.7 Å². The average molecular weight is 297 g/mol. The van der Waals surface area contributed by atoms with Gasteiger partial charge in [0.15, 0.2) is 11.5 Å². The highest BCUT2D eigenvalue weighted by Crippen LogP contribution is 2.32. The zero-order chi connectivity index (χ0) is 15.5. The normalized spacial score (nSPS) is 12.3. The van der Waals surface area contributed by atoms with Crippen LogP contribution in [-0.4, -0.2) is 24.6 Å². The molecule has 0 radical (unpaired) electrons. The minimum Gasteiger partial charge on any atom is -0.454 e. The van der Waals surface area contributed by atoms with E-state index in [9.17, 15) is 4.79 Å². The molecule has 4 nitrogen and oxygen atoms in total. The highest BCUT2D eigenvalue weighted by atomic mass is 16.7. The van der Waals surface area contributed by atoms with E-state index in [1.165, 1.54) is 5.56 Å². The number of benzene rings is 2. The maximum Gasteiger partial charge on any atom is 0.231 e. The minimum atomic E-state index is 0.0986. The standard InChI is InChI=1S/C18H19NO3/c1-13-3-5-14(6-4-13)10-18(20)19(2)11-15-7-8-16-17(9-15)22-12-21-16/h3-9H,10-12H2,1-2H3. The molecule has 114 valence electrons. The molecule has 0 atom stereocenters. The summed E-state index contributed by atoms with van der Waals surface area (Å²) in [7, 11) is 1.82. The first-order chi connectivity index (χ1) is 10.6. The van der Waals surface area contributed by atoms with Crippen LogP contribution in [0.3, 0.4) is 0 Å². The Hall–Kier alpha value is -2.49. The quantitative estimate of drug-likeness (QED) is 0.871. The number of carbonyl (C=O) groups excluding carboxylic acids is 1. The number of aryl methyl sites for hydroxylation is 1. The molecule has 0 bridgehead atoms. The maximum absolute atomic E-state index is 12.3. The molecule has 4 heteroatoms. The van der Waals surface area contributed by atoms with Gasteiger partial charge in [-0.3, -0.25) is 4.79 Å². The highest BCUT2D eigenvalue weighted by molar-refractivity contribution is 5.78. The van der Waals surface area contributed by atoms with Crippen molar-refractivity contribution in [3.8, 4) is 11.5 Å². The molecule has 0 N–H and O–H groups in total. The van der Waals surface area contributed by atoms with Crippen LogP contribution in [0.5, 0.6) is 11.5 Å². The first-order valence-corrected chi connectivity index (χ1v) is 7.30. The molecular formula is C18H19NO3. The van der Waals surface area contributed by atoms with E-state index in [1.807, 2.05) is 56.4 Å². The molecule has 0 unspecified atom stereocenters. The Bertz CT molecular complexity index is 679. The molecule has 0 saturated carbocycles. The van der Waals surface area contributed by atoms with Crippen molar-refractivity contribution in [3.05, 3.63) is 59.2 Å². The molecule has 1 amide bonds. The Labute approximate surface area is 130 Å². The van der Waals surface area contributed by atoms with Gasteiger partial charge in [-0.15, -0.1) is 0 Å². The first-order valence-electron chi connectivity index (χ1n) is 7.30. The number of rotatable bonds is 4. The van der Waals surface area contributed by atoms with Crippen LogP contribution in [0.4, 0.5) is 0 Å². The van der Waals surface area contributed by atoms with Gasteiger partial charge in [0.1, 0.15) is 0 Å².